The van der Waals surface area contributed by atoms with Crippen LogP contribution in [0, 0.1) is 0 Å². The number of hydrogen-bond donors (Lipinski definition) is 1. The number of ether oxygens (including phenoxy) is 1. The number of nitrogens with one attached hydrogen (secondary N) is 1. The van der Waals surface area contributed by atoms with E-state index < -0.39 is 5.60 Å². The molecule has 0 unspecified atom stereocenters. The number of hydrogen-bond acceptors (Lipinski definition) is 2. The van der Waals surface area contributed by atoms with Crippen molar-refractivity contribution in [2.45, 2.75) is 46.1 Å². The van der Waals surface area contributed by atoms with Crippen molar-refractivity contribution in [2.75, 3.05) is 6.54 Å². The number of rotatable bonds is 3. The van der Waals surface area contributed by atoms with E-state index in [2.05, 4.69) is 12.2 Å². The predicted octanol–water partition coefficient (Wildman–Crippen LogP) is 2.89. The molecule has 0 saturated carbocycles. The van der Waals surface area contributed by atoms with Crippen molar-refractivity contribution in [3.8, 4) is 0 Å². The van der Waals surface area contributed by atoms with Gasteiger partial charge in [-0.25, -0.2) is 4.79 Å². The Morgan fingerprint density at radius 3 is 2.31 bits per heavy atom. The van der Waals surface area contributed by atoms with Crippen LogP contribution in [0.1, 0.15) is 40.5 Å². The molecule has 0 aliphatic carbocycles. The van der Waals surface area contributed by atoms with Gasteiger partial charge in [-0.1, -0.05) is 13.3 Å². The largest absolute Gasteiger partial charge is 0.444 e. The molecule has 0 spiro atoms. The summed E-state index contributed by atoms with van der Waals surface area (Å²) in [6, 6.07) is 0. The average molecular weight is 254 g/mol. The minimum atomic E-state index is -0.393. The first-order chi connectivity index (χ1) is 5.45. The topological polar surface area (TPSA) is 38.3 Å². The summed E-state index contributed by atoms with van der Waals surface area (Å²) in [7, 11) is 0. The summed E-state index contributed by atoms with van der Waals surface area (Å²) in [5.74, 6) is 0. The molecule has 0 aliphatic heterocycles. The number of alkyl carbamates (subject to hydrolysis) is 1. The van der Waals surface area contributed by atoms with E-state index in [0.29, 0.717) is 6.54 Å². The fourth-order valence-corrected chi connectivity index (χ4v) is 0.681. The first-order valence-corrected chi connectivity index (χ1v) is 4.42. The van der Waals surface area contributed by atoms with Crippen molar-refractivity contribution in [2.24, 2.45) is 0 Å². The Kier molecular flexibility index (Phi) is 8.42. The molecule has 0 saturated heterocycles. The van der Waals surface area contributed by atoms with Crippen LogP contribution in [-0.2, 0) is 4.74 Å². The molecule has 3 nitrogen and oxygen atoms in total. The van der Waals surface area contributed by atoms with Crippen LogP contribution in [0.15, 0.2) is 0 Å². The third kappa shape index (κ3) is 11.8. The molecular formula is C9H20BrNO2. The molecule has 0 heterocycles. The number of unbranched alkanes of at least 4 members (excludes halogenated alkanes) is 1. The van der Waals surface area contributed by atoms with E-state index >= 15 is 0 Å². The van der Waals surface area contributed by atoms with E-state index in [4.69, 9.17) is 4.74 Å². The molecular weight excluding hydrogens is 234 g/mol. The Labute approximate surface area is 91.0 Å². The van der Waals surface area contributed by atoms with Crippen molar-refractivity contribution >= 4 is 23.1 Å². The molecule has 1 amide bonds. The molecule has 13 heavy (non-hydrogen) atoms. The maximum Gasteiger partial charge on any atom is 0.407 e. The lowest BCUT2D eigenvalue weighted by molar-refractivity contribution is 0.0527. The van der Waals surface area contributed by atoms with Crippen LogP contribution in [0.25, 0.3) is 0 Å². The second-order valence-corrected chi connectivity index (χ2v) is 3.78. The molecule has 0 aromatic rings. The Morgan fingerprint density at radius 1 is 1.38 bits per heavy atom. The van der Waals surface area contributed by atoms with Crippen LogP contribution in [0.3, 0.4) is 0 Å². The van der Waals surface area contributed by atoms with Crippen LogP contribution >= 0.6 is 17.0 Å². The lowest BCUT2D eigenvalue weighted by Gasteiger charge is -2.19. The van der Waals surface area contributed by atoms with Crippen molar-refractivity contribution in [3.63, 3.8) is 0 Å². The van der Waals surface area contributed by atoms with Gasteiger partial charge in [-0.15, -0.1) is 17.0 Å². The number of halogens is 1. The van der Waals surface area contributed by atoms with Gasteiger partial charge < -0.3 is 10.1 Å². The van der Waals surface area contributed by atoms with Gasteiger partial charge in [0.15, 0.2) is 0 Å². The van der Waals surface area contributed by atoms with Crippen molar-refractivity contribution in [1.29, 1.82) is 0 Å². The van der Waals surface area contributed by atoms with Gasteiger partial charge in [0.1, 0.15) is 5.60 Å². The maximum atomic E-state index is 11.0. The number of amides is 1. The first-order valence-electron chi connectivity index (χ1n) is 4.42. The van der Waals surface area contributed by atoms with Crippen LogP contribution in [0.4, 0.5) is 4.79 Å². The second kappa shape index (κ2) is 7.18. The average Bonchev–Trinajstić information content (AvgIpc) is 1.84. The molecule has 0 atom stereocenters. The molecule has 0 fully saturated rings. The Hall–Kier alpha value is -0.250. The van der Waals surface area contributed by atoms with Gasteiger partial charge in [0.05, 0.1) is 0 Å². The zero-order valence-corrected chi connectivity index (χ0v) is 10.6. The summed E-state index contributed by atoms with van der Waals surface area (Å²) in [4.78, 5) is 11.0. The van der Waals surface area contributed by atoms with Gasteiger partial charge in [0.2, 0.25) is 0 Å². The number of carbonyl (C=O) groups excluding carboxylic acids is 1. The van der Waals surface area contributed by atoms with Crippen LogP contribution < -0.4 is 5.32 Å². The molecule has 0 aromatic heterocycles. The molecule has 0 rings (SSSR count). The van der Waals surface area contributed by atoms with Crippen LogP contribution in [0.5, 0.6) is 0 Å². The van der Waals surface area contributed by atoms with E-state index in [-0.39, 0.29) is 23.1 Å². The summed E-state index contributed by atoms with van der Waals surface area (Å²) in [5.41, 5.74) is -0.393. The van der Waals surface area contributed by atoms with Gasteiger partial charge >= 0.3 is 6.09 Å². The highest BCUT2D eigenvalue weighted by Crippen LogP contribution is 2.06. The summed E-state index contributed by atoms with van der Waals surface area (Å²) in [6.45, 7) is 8.34. The molecule has 1 N–H and O–H groups in total. The molecule has 4 heteroatoms. The quantitative estimate of drug-likeness (QED) is 0.786. The van der Waals surface area contributed by atoms with Gasteiger partial charge in [0.25, 0.3) is 0 Å². The highest BCUT2D eigenvalue weighted by atomic mass is 79.9. The van der Waals surface area contributed by atoms with E-state index in [1.165, 1.54) is 0 Å². The van der Waals surface area contributed by atoms with E-state index in [0.717, 1.165) is 12.8 Å². The van der Waals surface area contributed by atoms with Gasteiger partial charge in [0, 0.05) is 6.54 Å². The summed E-state index contributed by atoms with van der Waals surface area (Å²) in [5, 5.41) is 2.68. The molecule has 0 aromatic carbocycles. The highest BCUT2D eigenvalue weighted by Gasteiger charge is 2.14. The number of carbonyl (C=O) groups is 1. The third-order valence-electron chi connectivity index (χ3n) is 1.20. The summed E-state index contributed by atoms with van der Waals surface area (Å²) in [6.07, 6.45) is 1.76. The maximum absolute atomic E-state index is 11.0. The van der Waals surface area contributed by atoms with E-state index in [1.54, 1.807) is 0 Å². The lowest BCUT2D eigenvalue weighted by Crippen LogP contribution is -2.32. The predicted molar refractivity (Wildman–Crippen MR) is 59.5 cm³/mol. The fourth-order valence-electron chi connectivity index (χ4n) is 0.681. The highest BCUT2D eigenvalue weighted by molar-refractivity contribution is 8.93. The second-order valence-electron chi connectivity index (χ2n) is 3.78. The Bertz CT molecular complexity index is 143. The normalized spacial score (nSPS) is 10.2. The monoisotopic (exact) mass is 253 g/mol. The van der Waals surface area contributed by atoms with Gasteiger partial charge in [-0.3, -0.25) is 0 Å². The van der Waals surface area contributed by atoms with Crippen molar-refractivity contribution in [3.05, 3.63) is 0 Å². The Balaban J connectivity index is 0. The fraction of sp³-hybridized carbons (Fsp3) is 0.889. The zero-order chi connectivity index (χ0) is 9.61. The minimum absolute atomic E-state index is 0. The standard InChI is InChI=1S/C9H19NO2.BrH/c1-5-6-7-10-8(11)12-9(2,3)4;/h5-7H2,1-4H3,(H,10,11);1H. The SMILES string of the molecule is Br.CCCCNC(=O)OC(C)(C)C. The van der Waals surface area contributed by atoms with E-state index in [1.807, 2.05) is 20.8 Å². The van der Waals surface area contributed by atoms with Crippen molar-refractivity contribution < 1.29 is 9.53 Å². The first kappa shape index (κ1) is 15.2. The minimum Gasteiger partial charge on any atom is -0.444 e. The van der Waals surface area contributed by atoms with Gasteiger partial charge in [-0.05, 0) is 27.2 Å². The third-order valence-corrected chi connectivity index (χ3v) is 1.20. The van der Waals surface area contributed by atoms with Crippen LogP contribution in [0.2, 0.25) is 0 Å². The van der Waals surface area contributed by atoms with Crippen LogP contribution in [-0.4, -0.2) is 18.2 Å². The smallest absolute Gasteiger partial charge is 0.407 e. The summed E-state index contributed by atoms with van der Waals surface area (Å²) >= 11 is 0. The molecule has 0 radical (unpaired) electrons. The molecule has 0 aliphatic rings. The molecule has 0 bridgehead atoms. The van der Waals surface area contributed by atoms with Crippen molar-refractivity contribution in [1.82, 2.24) is 5.32 Å². The zero-order valence-electron chi connectivity index (χ0n) is 8.85. The Morgan fingerprint density at radius 2 is 1.92 bits per heavy atom. The molecule has 80 valence electrons. The van der Waals surface area contributed by atoms with Gasteiger partial charge in [-0.2, -0.15) is 0 Å². The lowest BCUT2D eigenvalue weighted by atomic mass is 10.2. The summed E-state index contributed by atoms with van der Waals surface area (Å²) < 4.78 is 5.03. The van der Waals surface area contributed by atoms with E-state index in [9.17, 15) is 4.79 Å².